The van der Waals surface area contributed by atoms with Crippen molar-refractivity contribution < 1.29 is 27.9 Å². The highest BCUT2D eigenvalue weighted by molar-refractivity contribution is 5.69. The minimum absolute atomic E-state index is 0.00588. The number of rotatable bonds is 6. The number of alkyl halides is 3. The smallest absolute Gasteiger partial charge is 0.391 e. The Kier molecular flexibility index (Phi) is 6.07. The molecule has 142 valence electrons. The van der Waals surface area contributed by atoms with Crippen LogP contribution in [0.5, 0.6) is 0 Å². The van der Waals surface area contributed by atoms with E-state index in [1.807, 2.05) is 0 Å². The molecule has 0 aromatic carbocycles. The van der Waals surface area contributed by atoms with Crippen LogP contribution in [0.25, 0.3) is 0 Å². The number of carbonyl (C=O) groups is 1. The molecule has 0 saturated heterocycles. The Labute approximate surface area is 143 Å². The lowest BCUT2D eigenvalue weighted by molar-refractivity contribution is -0.199. The fraction of sp³-hybridized carbons (Fsp3) is 0.733. The van der Waals surface area contributed by atoms with Crippen LogP contribution in [-0.2, 0) is 28.9 Å². The highest BCUT2D eigenvalue weighted by atomic mass is 19.4. The summed E-state index contributed by atoms with van der Waals surface area (Å²) in [5.74, 6) is -0.660. The van der Waals surface area contributed by atoms with Crippen LogP contribution in [0.1, 0.15) is 31.8 Å². The number of likely N-dealkylation sites (N-methyl/N-ethyl adjacent to an activating group) is 1. The number of aliphatic hydroxyl groups excluding tert-OH is 1. The first kappa shape index (κ1) is 19.7. The minimum Gasteiger partial charge on any atom is -0.391 e. The number of nitrogens with one attached hydrogen (secondary N) is 1. The molecule has 2 rings (SSSR count). The molecule has 10 heteroatoms. The van der Waals surface area contributed by atoms with Gasteiger partial charge in [-0.2, -0.15) is 13.2 Å². The summed E-state index contributed by atoms with van der Waals surface area (Å²) >= 11 is 0. The largest absolute Gasteiger partial charge is 0.434 e. The molecule has 2 heterocycles. The molecule has 1 aromatic rings. The molecule has 0 amide bonds. The maximum absolute atomic E-state index is 12.7. The zero-order valence-corrected chi connectivity index (χ0v) is 14.4. The molecule has 0 spiro atoms. The van der Waals surface area contributed by atoms with E-state index in [0.29, 0.717) is 0 Å². The zero-order chi connectivity index (χ0) is 18.8. The number of aliphatic hydroxyl groups is 1. The van der Waals surface area contributed by atoms with Crippen molar-refractivity contribution in [1.82, 2.24) is 19.9 Å². The van der Waals surface area contributed by atoms with Crippen LogP contribution in [0.15, 0.2) is 6.20 Å². The third-order valence-electron chi connectivity index (χ3n) is 4.33. The van der Waals surface area contributed by atoms with Crippen molar-refractivity contribution >= 4 is 5.97 Å². The first-order chi connectivity index (χ1) is 11.6. The van der Waals surface area contributed by atoms with Gasteiger partial charge in [-0.05, 0) is 19.9 Å². The number of fused-ring (bicyclic) bond motifs is 1. The molecule has 0 fully saturated rings. The van der Waals surface area contributed by atoms with Crippen LogP contribution in [0, 0.1) is 5.92 Å². The van der Waals surface area contributed by atoms with E-state index in [2.05, 4.69) is 10.3 Å². The number of hydrogen-bond donors (Lipinski definition) is 2. The summed E-state index contributed by atoms with van der Waals surface area (Å²) in [7, 11) is 1.71. The molecular formula is C15H23F3N4O3. The number of imidazole rings is 1. The first-order valence-corrected chi connectivity index (χ1v) is 8.06. The molecule has 0 bridgehead atoms. The Morgan fingerprint density at radius 1 is 1.44 bits per heavy atom. The van der Waals surface area contributed by atoms with Crippen molar-refractivity contribution in [2.45, 2.75) is 51.7 Å². The van der Waals surface area contributed by atoms with Gasteiger partial charge in [-0.15, -0.1) is 5.06 Å². The van der Waals surface area contributed by atoms with Crippen molar-refractivity contribution in [2.24, 2.45) is 5.92 Å². The Morgan fingerprint density at radius 3 is 2.72 bits per heavy atom. The Morgan fingerprint density at radius 2 is 2.12 bits per heavy atom. The normalized spacial score (nSPS) is 19.2. The number of hydroxylamine groups is 2. The van der Waals surface area contributed by atoms with Gasteiger partial charge in [-0.1, -0.05) is 6.92 Å². The first-order valence-electron chi connectivity index (χ1n) is 8.06. The topological polar surface area (TPSA) is 79.6 Å². The van der Waals surface area contributed by atoms with E-state index in [0.717, 1.165) is 6.20 Å². The van der Waals surface area contributed by atoms with E-state index in [1.165, 1.54) is 9.63 Å². The van der Waals surface area contributed by atoms with Crippen molar-refractivity contribution in [2.75, 3.05) is 13.6 Å². The van der Waals surface area contributed by atoms with Gasteiger partial charge in [0.05, 0.1) is 25.6 Å². The van der Waals surface area contributed by atoms with Gasteiger partial charge in [-0.25, -0.2) is 4.98 Å². The summed E-state index contributed by atoms with van der Waals surface area (Å²) in [5, 5.41) is 14.3. The van der Waals surface area contributed by atoms with Gasteiger partial charge in [0.25, 0.3) is 0 Å². The average Bonchev–Trinajstić information content (AvgIpc) is 2.96. The maximum atomic E-state index is 12.7. The SMILES string of the molecule is CN[C@@H](C)[C@H](O)[C@H](C)CC(=O)ON1CCn2cc(C(F)(F)F)nc2C1. The molecule has 7 nitrogen and oxygen atoms in total. The number of aromatic nitrogens is 2. The second-order valence-electron chi connectivity index (χ2n) is 6.31. The molecule has 0 unspecified atom stereocenters. The third kappa shape index (κ3) is 4.93. The minimum atomic E-state index is -4.50. The van der Waals surface area contributed by atoms with E-state index < -0.39 is 23.9 Å². The Balaban J connectivity index is 1.90. The monoisotopic (exact) mass is 364 g/mol. The van der Waals surface area contributed by atoms with Crippen LogP contribution >= 0.6 is 0 Å². The Hall–Kier alpha value is -1.65. The molecule has 0 radical (unpaired) electrons. The van der Waals surface area contributed by atoms with Gasteiger partial charge in [0.15, 0.2) is 5.69 Å². The summed E-state index contributed by atoms with van der Waals surface area (Å²) < 4.78 is 39.5. The molecule has 0 aliphatic carbocycles. The molecule has 1 aliphatic rings. The summed E-state index contributed by atoms with van der Waals surface area (Å²) in [6.07, 6.45) is -4.24. The molecule has 2 N–H and O–H groups in total. The molecule has 1 aromatic heterocycles. The highest BCUT2D eigenvalue weighted by Crippen LogP contribution is 2.29. The highest BCUT2D eigenvalue weighted by Gasteiger charge is 2.36. The van der Waals surface area contributed by atoms with Gasteiger partial charge < -0.3 is 19.8 Å². The van der Waals surface area contributed by atoms with Crippen LogP contribution in [0.3, 0.4) is 0 Å². The lowest BCUT2D eigenvalue weighted by atomic mass is 9.96. The van der Waals surface area contributed by atoms with Gasteiger partial charge in [0, 0.05) is 18.8 Å². The summed E-state index contributed by atoms with van der Waals surface area (Å²) in [6, 6.07) is -0.175. The summed E-state index contributed by atoms with van der Waals surface area (Å²) in [6.45, 7) is 4.05. The molecule has 0 saturated carbocycles. The standard InChI is InChI=1S/C15H23F3N4O3/c1-9(14(24)10(2)19-3)6-13(23)25-22-5-4-21-7-11(15(16,17)18)20-12(21)8-22/h7,9-10,14,19,24H,4-6,8H2,1-3H3/t9-,10+,14-/m1/s1. The molecule has 3 atom stereocenters. The van der Waals surface area contributed by atoms with E-state index >= 15 is 0 Å². The van der Waals surface area contributed by atoms with Gasteiger partial charge in [0.2, 0.25) is 0 Å². The van der Waals surface area contributed by atoms with Gasteiger partial charge in [-0.3, -0.25) is 4.79 Å². The lowest BCUT2D eigenvalue weighted by Gasteiger charge is -2.27. The van der Waals surface area contributed by atoms with Crippen molar-refractivity contribution in [1.29, 1.82) is 0 Å². The molecule has 25 heavy (non-hydrogen) atoms. The lowest BCUT2D eigenvalue weighted by Crippen LogP contribution is -2.41. The zero-order valence-electron chi connectivity index (χ0n) is 14.4. The van der Waals surface area contributed by atoms with Crippen LogP contribution in [0.2, 0.25) is 0 Å². The quantitative estimate of drug-likeness (QED) is 0.789. The van der Waals surface area contributed by atoms with Gasteiger partial charge in [0.1, 0.15) is 5.82 Å². The van der Waals surface area contributed by atoms with Gasteiger partial charge >= 0.3 is 12.1 Å². The number of nitrogens with zero attached hydrogens (tertiary/aromatic N) is 3. The second-order valence-corrected chi connectivity index (χ2v) is 6.31. The van der Waals surface area contributed by atoms with E-state index in [4.69, 9.17) is 4.84 Å². The number of hydrogen-bond acceptors (Lipinski definition) is 6. The van der Waals surface area contributed by atoms with Crippen molar-refractivity contribution in [3.8, 4) is 0 Å². The maximum Gasteiger partial charge on any atom is 0.434 e. The number of halogens is 3. The van der Waals surface area contributed by atoms with Crippen LogP contribution in [0.4, 0.5) is 13.2 Å². The molecular weight excluding hydrogens is 341 g/mol. The van der Waals surface area contributed by atoms with E-state index in [-0.39, 0.29) is 43.8 Å². The fourth-order valence-electron chi connectivity index (χ4n) is 2.67. The van der Waals surface area contributed by atoms with Crippen LogP contribution < -0.4 is 5.32 Å². The van der Waals surface area contributed by atoms with Crippen molar-refractivity contribution in [3.05, 3.63) is 17.7 Å². The predicted molar refractivity (Wildman–Crippen MR) is 82.0 cm³/mol. The molecule has 1 aliphatic heterocycles. The second kappa shape index (κ2) is 7.71. The van der Waals surface area contributed by atoms with Crippen LogP contribution in [-0.4, -0.2) is 51.4 Å². The predicted octanol–water partition coefficient (Wildman–Crippen LogP) is 1.17. The van der Waals surface area contributed by atoms with E-state index in [9.17, 15) is 23.1 Å². The Bertz CT molecular complexity index is 605. The number of carbonyl (C=O) groups excluding carboxylic acids is 1. The summed E-state index contributed by atoms with van der Waals surface area (Å²) in [5.41, 5.74) is -0.950. The third-order valence-corrected chi connectivity index (χ3v) is 4.33. The average molecular weight is 364 g/mol. The van der Waals surface area contributed by atoms with Crippen molar-refractivity contribution in [3.63, 3.8) is 0 Å². The van der Waals surface area contributed by atoms with E-state index in [1.54, 1.807) is 20.9 Å². The fourth-order valence-corrected chi connectivity index (χ4v) is 2.67. The summed E-state index contributed by atoms with van der Waals surface area (Å²) in [4.78, 5) is 20.8.